The molecule has 2 aromatic rings. The lowest BCUT2D eigenvalue weighted by Gasteiger charge is -2.01. The van der Waals surface area contributed by atoms with Crippen LogP contribution in [0.4, 0.5) is 4.39 Å². The summed E-state index contributed by atoms with van der Waals surface area (Å²) in [5.74, 6) is -0.482. The Morgan fingerprint density at radius 3 is 2.81 bits per heavy atom. The molecule has 1 aromatic carbocycles. The predicted molar refractivity (Wildman–Crippen MR) is 65.8 cm³/mol. The number of ketones is 1. The van der Waals surface area contributed by atoms with Crippen LogP contribution in [-0.4, -0.2) is 15.6 Å². The fraction of sp³-hybridized carbons (Fsp3) is 0.0909. The highest BCUT2D eigenvalue weighted by Crippen LogP contribution is 2.17. The van der Waals surface area contributed by atoms with E-state index in [-0.39, 0.29) is 11.6 Å². The first-order valence-electron chi connectivity index (χ1n) is 4.56. The Labute approximate surface area is 105 Å². The van der Waals surface area contributed by atoms with Crippen LogP contribution < -0.4 is 0 Å². The number of hydrogen-bond donors (Lipinski definition) is 0. The standard InChI is InChI=1S/C11H8FIN2O/c1-15-6-7(5-14-15)11(16)9-3-2-8(12)4-10(9)13/h2-6H,1H3. The maximum Gasteiger partial charge on any atom is 0.197 e. The minimum Gasteiger partial charge on any atom is -0.288 e. The second kappa shape index (κ2) is 4.32. The molecule has 0 aliphatic rings. The van der Waals surface area contributed by atoms with Crippen LogP contribution in [0.2, 0.25) is 0 Å². The predicted octanol–water partition coefficient (Wildman–Crippen LogP) is 2.39. The van der Waals surface area contributed by atoms with Gasteiger partial charge in [0.15, 0.2) is 5.78 Å². The van der Waals surface area contributed by atoms with Gasteiger partial charge in [0.25, 0.3) is 0 Å². The van der Waals surface area contributed by atoms with Gasteiger partial charge >= 0.3 is 0 Å². The molecule has 16 heavy (non-hydrogen) atoms. The zero-order valence-corrected chi connectivity index (χ0v) is 10.6. The van der Waals surface area contributed by atoms with Crippen LogP contribution in [0.15, 0.2) is 30.6 Å². The van der Waals surface area contributed by atoms with E-state index in [0.717, 1.165) is 0 Å². The number of aryl methyl sites for hydroxylation is 1. The largest absolute Gasteiger partial charge is 0.288 e. The average Bonchev–Trinajstić information content (AvgIpc) is 2.64. The van der Waals surface area contributed by atoms with Crippen molar-refractivity contribution in [3.8, 4) is 0 Å². The van der Waals surface area contributed by atoms with Gasteiger partial charge in [-0.3, -0.25) is 9.48 Å². The third-order valence-corrected chi connectivity index (χ3v) is 3.04. The maximum absolute atomic E-state index is 12.9. The van der Waals surface area contributed by atoms with Crippen LogP contribution in [-0.2, 0) is 7.05 Å². The first kappa shape index (κ1) is 11.3. The highest BCUT2D eigenvalue weighted by molar-refractivity contribution is 14.1. The summed E-state index contributed by atoms with van der Waals surface area (Å²) in [6.45, 7) is 0. The van der Waals surface area contributed by atoms with Crippen LogP contribution in [0.25, 0.3) is 0 Å². The lowest BCUT2D eigenvalue weighted by molar-refractivity contribution is 0.103. The molecule has 2 rings (SSSR count). The quantitative estimate of drug-likeness (QED) is 0.626. The van der Waals surface area contributed by atoms with Gasteiger partial charge in [0.05, 0.1) is 11.8 Å². The van der Waals surface area contributed by atoms with Gasteiger partial charge < -0.3 is 0 Å². The molecule has 0 N–H and O–H groups in total. The molecule has 0 amide bonds. The first-order valence-corrected chi connectivity index (χ1v) is 5.64. The molecule has 0 saturated heterocycles. The van der Waals surface area contributed by atoms with Gasteiger partial charge in [-0.15, -0.1) is 0 Å². The number of halogens is 2. The second-order valence-corrected chi connectivity index (χ2v) is 4.52. The smallest absolute Gasteiger partial charge is 0.197 e. The van der Waals surface area contributed by atoms with Crippen molar-refractivity contribution in [2.24, 2.45) is 7.05 Å². The van der Waals surface area contributed by atoms with Crippen molar-refractivity contribution in [1.29, 1.82) is 0 Å². The third kappa shape index (κ3) is 2.13. The Morgan fingerprint density at radius 1 is 1.50 bits per heavy atom. The molecule has 0 aliphatic heterocycles. The molecule has 82 valence electrons. The van der Waals surface area contributed by atoms with E-state index < -0.39 is 0 Å². The van der Waals surface area contributed by atoms with E-state index in [4.69, 9.17) is 0 Å². The summed E-state index contributed by atoms with van der Waals surface area (Å²) in [5.41, 5.74) is 1.00. The molecule has 0 aliphatic carbocycles. The second-order valence-electron chi connectivity index (χ2n) is 3.36. The fourth-order valence-corrected chi connectivity index (χ4v) is 2.09. The number of hydrogen-bond acceptors (Lipinski definition) is 2. The number of aromatic nitrogens is 2. The van der Waals surface area contributed by atoms with Crippen LogP contribution >= 0.6 is 22.6 Å². The summed E-state index contributed by atoms with van der Waals surface area (Å²) in [6.07, 6.45) is 3.14. The lowest BCUT2D eigenvalue weighted by atomic mass is 10.1. The highest BCUT2D eigenvalue weighted by atomic mass is 127. The summed E-state index contributed by atoms with van der Waals surface area (Å²) >= 11 is 1.95. The van der Waals surface area contributed by atoms with E-state index >= 15 is 0 Å². The normalized spacial score (nSPS) is 10.4. The molecule has 3 nitrogen and oxygen atoms in total. The van der Waals surface area contributed by atoms with Crippen LogP contribution in [0.5, 0.6) is 0 Å². The molecule has 5 heteroatoms. The molecule has 0 unspecified atom stereocenters. The minimum atomic E-state index is -0.341. The van der Waals surface area contributed by atoms with Gasteiger partial charge in [-0.2, -0.15) is 5.10 Å². The first-order chi connectivity index (χ1) is 7.58. The Balaban J connectivity index is 2.41. The van der Waals surface area contributed by atoms with E-state index in [1.54, 1.807) is 17.9 Å². The number of carbonyl (C=O) groups is 1. The van der Waals surface area contributed by atoms with Crippen molar-refractivity contribution < 1.29 is 9.18 Å². The monoisotopic (exact) mass is 330 g/mol. The number of nitrogens with zero attached hydrogens (tertiary/aromatic N) is 2. The zero-order chi connectivity index (χ0) is 11.7. The zero-order valence-electron chi connectivity index (χ0n) is 8.45. The van der Waals surface area contributed by atoms with E-state index in [1.807, 2.05) is 22.6 Å². The summed E-state index contributed by atoms with van der Waals surface area (Å²) < 4.78 is 15.0. The molecule has 0 atom stereocenters. The van der Waals surface area contributed by atoms with Crippen molar-refractivity contribution >= 4 is 28.4 Å². The maximum atomic E-state index is 12.9. The van der Waals surface area contributed by atoms with Crippen molar-refractivity contribution in [3.63, 3.8) is 0 Å². The van der Waals surface area contributed by atoms with Crippen molar-refractivity contribution in [2.45, 2.75) is 0 Å². The van der Waals surface area contributed by atoms with Gasteiger partial charge in [-0.05, 0) is 40.8 Å². The number of carbonyl (C=O) groups excluding carboxylic acids is 1. The molecule has 0 spiro atoms. The van der Waals surface area contributed by atoms with E-state index in [9.17, 15) is 9.18 Å². The summed E-state index contributed by atoms with van der Waals surface area (Å²) in [4.78, 5) is 12.0. The van der Waals surface area contributed by atoms with Gasteiger partial charge in [-0.1, -0.05) is 0 Å². The van der Waals surface area contributed by atoms with Crippen molar-refractivity contribution in [2.75, 3.05) is 0 Å². The molecular weight excluding hydrogens is 322 g/mol. The Morgan fingerprint density at radius 2 is 2.25 bits per heavy atom. The minimum absolute atomic E-state index is 0.141. The SMILES string of the molecule is Cn1cc(C(=O)c2ccc(F)cc2I)cn1. The molecular formula is C11H8FIN2O. The van der Waals surface area contributed by atoms with Crippen molar-refractivity contribution in [1.82, 2.24) is 9.78 Å². The Hall–Kier alpha value is -1.24. The van der Waals surface area contributed by atoms with Crippen LogP contribution in [0, 0.1) is 9.39 Å². The van der Waals surface area contributed by atoms with Gasteiger partial charge in [-0.25, -0.2) is 4.39 Å². The molecule has 0 bridgehead atoms. The molecule has 0 radical (unpaired) electrons. The van der Waals surface area contributed by atoms with Gasteiger partial charge in [0.2, 0.25) is 0 Å². The lowest BCUT2D eigenvalue weighted by Crippen LogP contribution is -2.03. The molecule has 0 saturated carbocycles. The fourth-order valence-electron chi connectivity index (χ4n) is 1.37. The topological polar surface area (TPSA) is 34.9 Å². The van der Waals surface area contributed by atoms with E-state index in [1.165, 1.54) is 24.4 Å². The van der Waals surface area contributed by atoms with Crippen LogP contribution in [0.1, 0.15) is 15.9 Å². The van der Waals surface area contributed by atoms with E-state index in [0.29, 0.717) is 14.7 Å². The average molecular weight is 330 g/mol. The Kier molecular flexibility index (Phi) is 3.04. The van der Waals surface area contributed by atoms with Crippen LogP contribution in [0.3, 0.4) is 0 Å². The third-order valence-electron chi connectivity index (χ3n) is 2.14. The number of benzene rings is 1. The number of rotatable bonds is 2. The Bertz CT molecular complexity index is 551. The molecule has 0 fully saturated rings. The van der Waals surface area contributed by atoms with Crippen molar-refractivity contribution in [3.05, 3.63) is 51.1 Å². The molecule has 1 heterocycles. The summed E-state index contributed by atoms with van der Waals surface area (Å²) in [5, 5.41) is 3.93. The summed E-state index contributed by atoms with van der Waals surface area (Å²) in [6, 6.07) is 4.11. The molecule has 1 aromatic heterocycles. The van der Waals surface area contributed by atoms with Gasteiger partial charge in [0, 0.05) is 22.4 Å². The van der Waals surface area contributed by atoms with Gasteiger partial charge in [0.1, 0.15) is 5.82 Å². The van der Waals surface area contributed by atoms with E-state index in [2.05, 4.69) is 5.10 Å². The summed E-state index contributed by atoms with van der Waals surface area (Å²) in [7, 11) is 1.74. The highest BCUT2D eigenvalue weighted by Gasteiger charge is 2.14.